The summed E-state index contributed by atoms with van der Waals surface area (Å²) in [7, 11) is 3.10. The van der Waals surface area contributed by atoms with E-state index < -0.39 is 18.0 Å². The molecule has 0 saturated carbocycles. The van der Waals surface area contributed by atoms with Crippen LogP contribution in [0.5, 0.6) is 5.75 Å². The van der Waals surface area contributed by atoms with E-state index in [9.17, 15) is 9.59 Å². The molecule has 0 unspecified atom stereocenters. The summed E-state index contributed by atoms with van der Waals surface area (Å²) < 4.78 is 21.4. The molecule has 0 spiro atoms. The van der Waals surface area contributed by atoms with Crippen molar-refractivity contribution in [2.24, 2.45) is 0 Å². The number of benzene rings is 2. The lowest BCUT2D eigenvalue weighted by molar-refractivity contribution is -0.129. The van der Waals surface area contributed by atoms with Crippen LogP contribution in [-0.4, -0.2) is 32.2 Å². The van der Waals surface area contributed by atoms with Crippen LogP contribution < -0.4 is 10.1 Å². The molecule has 0 aliphatic heterocycles. The second kappa shape index (κ2) is 9.25. The summed E-state index contributed by atoms with van der Waals surface area (Å²) in [5.41, 5.74) is 1.97. The van der Waals surface area contributed by atoms with Gasteiger partial charge in [0.1, 0.15) is 11.3 Å². The molecule has 1 aromatic heterocycles. The number of para-hydroxylation sites is 2. The monoisotopic (exact) mass is 397 g/mol. The van der Waals surface area contributed by atoms with Crippen LogP contribution in [0.4, 0.5) is 0 Å². The highest BCUT2D eigenvalue weighted by atomic mass is 16.6. The van der Waals surface area contributed by atoms with Crippen molar-refractivity contribution in [2.45, 2.75) is 26.2 Å². The highest BCUT2D eigenvalue weighted by molar-refractivity contribution is 5.97. The van der Waals surface area contributed by atoms with E-state index >= 15 is 0 Å². The fraction of sp³-hybridized carbons (Fsp3) is 0.273. The quantitative estimate of drug-likeness (QED) is 0.586. The molecule has 1 N–H and O–H groups in total. The Kier molecular flexibility index (Phi) is 6.51. The van der Waals surface area contributed by atoms with Crippen LogP contribution in [0.3, 0.4) is 0 Å². The Morgan fingerprint density at radius 1 is 1.07 bits per heavy atom. The number of rotatable bonds is 8. The van der Waals surface area contributed by atoms with E-state index in [0.29, 0.717) is 16.9 Å². The molecule has 0 saturated heterocycles. The fourth-order valence-corrected chi connectivity index (χ4v) is 2.99. The number of hydrogen-bond acceptors (Lipinski definition) is 6. The van der Waals surface area contributed by atoms with Crippen molar-refractivity contribution in [2.75, 3.05) is 14.2 Å². The van der Waals surface area contributed by atoms with Crippen LogP contribution in [0.25, 0.3) is 11.0 Å². The average molecular weight is 397 g/mol. The third kappa shape index (κ3) is 4.57. The van der Waals surface area contributed by atoms with Gasteiger partial charge in [0.15, 0.2) is 6.10 Å². The van der Waals surface area contributed by atoms with E-state index in [4.69, 9.17) is 18.6 Å². The first-order valence-corrected chi connectivity index (χ1v) is 9.15. The maximum absolute atomic E-state index is 12.6. The summed E-state index contributed by atoms with van der Waals surface area (Å²) in [5, 5.41) is 3.52. The molecule has 1 heterocycles. The predicted octanol–water partition coefficient (Wildman–Crippen LogP) is 3.45. The number of nitrogens with one attached hydrogen (secondary N) is 1. The van der Waals surface area contributed by atoms with E-state index in [0.717, 1.165) is 10.9 Å². The Bertz CT molecular complexity index is 1010. The number of furan rings is 1. The molecule has 7 nitrogen and oxygen atoms in total. The van der Waals surface area contributed by atoms with Crippen LogP contribution in [0.2, 0.25) is 0 Å². The van der Waals surface area contributed by atoms with Crippen LogP contribution in [0.1, 0.15) is 28.6 Å². The third-order valence-electron chi connectivity index (χ3n) is 4.47. The number of hydrogen-bond donors (Lipinski definition) is 1. The Balaban J connectivity index is 1.68. The molecule has 0 aliphatic carbocycles. The zero-order valence-electron chi connectivity index (χ0n) is 16.6. The summed E-state index contributed by atoms with van der Waals surface area (Å²) in [6, 6.07) is 14.6. The zero-order chi connectivity index (χ0) is 20.8. The lowest BCUT2D eigenvalue weighted by Crippen LogP contribution is -2.35. The van der Waals surface area contributed by atoms with Gasteiger partial charge in [-0.15, -0.1) is 0 Å². The first kappa shape index (κ1) is 20.4. The molecule has 0 aliphatic rings. The van der Waals surface area contributed by atoms with Crippen LogP contribution in [-0.2, 0) is 27.4 Å². The van der Waals surface area contributed by atoms with Gasteiger partial charge in [-0.3, -0.25) is 4.79 Å². The Labute approximate surface area is 168 Å². The molecule has 29 heavy (non-hydrogen) atoms. The SMILES string of the molecule is COCc1c(C(=O)O[C@@H](C)C(=O)NCc2ccccc2OC)oc2ccccc12. The number of amides is 1. The second-order valence-electron chi connectivity index (χ2n) is 6.42. The first-order chi connectivity index (χ1) is 14.0. The van der Waals surface area contributed by atoms with Gasteiger partial charge in [0.05, 0.1) is 13.7 Å². The molecule has 152 valence electrons. The van der Waals surface area contributed by atoms with Crippen molar-refractivity contribution in [3.8, 4) is 5.75 Å². The summed E-state index contributed by atoms with van der Waals surface area (Å²) in [6.45, 7) is 1.95. The fourth-order valence-electron chi connectivity index (χ4n) is 2.99. The summed E-state index contributed by atoms with van der Waals surface area (Å²) >= 11 is 0. The van der Waals surface area contributed by atoms with Gasteiger partial charge in [-0.1, -0.05) is 36.4 Å². The summed E-state index contributed by atoms with van der Waals surface area (Å²) in [6.07, 6.45) is -0.999. The first-order valence-electron chi connectivity index (χ1n) is 9.15. The maximum Gasteiger partial charge on any atom is 0.375 e. The van der Waals surface area contributed by atoms with Gasteiger partial charge in [0.2, 0.25) is 5.76 Å². The third-order valence-corrected chi connectivity index (χ3v) is 4.47. The Morgan fingerprint density at radius 3 is 2.55 bits per heavy atom. The topological polar surface area (TPSA) is 87.0 Å². The smallest absolute Gasteiger partial charge is 0.375 e. The number of carbonyl (C=O) groups excluding carboxylic acids is 2. The van der Waals surface area contributed by atoms with Crippen molar-refractivity contribution < 1.29 is 28.2 Å². The number of esters is 1. The molecule has 0 bridgehead atoms. The highest BCUT2D eigenvalue weighted by Crippen LogP contribution is 2.27. The number of methoxy groups -OCH3 is 2. The zero-order valence-corrected chi connectivity index (χ0v) is 16.6. The predicted molar refractivity (Wildman–Crippen MR) is 107 cm³/mol. The molecular weight excluding hydrogens is 374 g/mol. The molecule has 0 radical (unpaired) electrons. The Morgan fingerprint density at radius 2 is 1.79 bits per heavy atom. The second-order valence-corrected chi connectivity index (χ2v) is 6.42. The van der Waals surface area contributed by atoms with E-state index in [-0.39, 0.29) is 18.9 Å². The van der Waals surface area contributed by atoms with E-state index in [1.165, 1.54) is 14.0 Å². The van der Waals surface area contributed by atoms with Crippen molar-refractivity contribution in [3.05, 3.63) is 65.4 Å². The van der Waals surface area contributed by atoms with Crippen LogP contribution in [0, 0.1) is 0 Å². The number of ether oxygens (including phenoxy) is 3. The largest absolute Gasteiger partial charge is 0.496 e. The van der Waals surface area contributed by atoms with E-state index in [1.807, 2.05) is 42.5 Å². The highest BCUT2D eigenvalue weighted by Gasteiger charge is 2.25. The van der Waals surface area contributed by atoms with Gasteiger partial charge < -0.3 is 23.9 Å². The minimum atomic E-state index is -0.999. The molecule has 7 heteroatoms. The standard InChI is InChI=1S/C22H23NO6/c1-14(21(24)23-12-15-8-4-6-10-18(15)27-3)28-22(25)20-17(13-26-2)16-9-5-7-11-19(16)29-20/h4-11,14H,12-13H2,1-3H3,(H,23,24)/t14-/m0/s1. The number of carbonyl (C=O) groups is 2. The van der Waals surface area contributed by atoms with Gasteiger partial charge in [0, 0.05) is 30.2 Å². The van der Waals surface area contributed by atoms with Crippen molar-refractivity contribution in [1.82, 2.24) is 5.32 Å². The lowest BCUT2D eigenvalue weighted by atomic mass is 10.1. The molecule has 1 amide bonds. The molecule has 1 atom stereocenters. The maximum atomic E-state index is 12.6. The molecule has 2 aromatic carbocycles. The van der Waals surface area contributed by atoms with E-state index in [1.54, 1.807) is 13.2 Å². The van der Waals surface area contributed by atoms with Crippen molar-refractivity contribution in [1.29, 1.82) is 0 Å². The van der Waals surface area contributed by atoms with Crippen molar-refractivity contribution >= 4 is 22.8 Å². The molecular formula is C22H23NO6. The van der Waals surface area contributed by atoms with Crippen LogP contribution >= 0.6 is 0 Å². The summed E-state index contributed by atoms with van der Waals surface area (Å²) in [5.74, 6) is -0.428. The van der Waals surface area contributed by atoms with Gasteiger partial charge in [-0.2, -0.15) is 0 Å². The number of fused-ring (bicyclic) bond motifs is 1. The average Bonchev–Trinajstić information content (AvgIpc) is 3.11. The van der Waals surface area contributed by atoms with Gasteiger partial charge >= 0.3 is 5.97 Å². The lowest BCUT2D eigenvalue weighted by Gasteiger charge is -2.14. The molecule has 0 fully saturated rings. The minimum Gasteiger partial charge on any atom is -0.496 e. The Hall–Kier alpha value is -3.32. The van der Waals surface area contributed by atoms with Gasteiger partial charge in [-0.25, -0.2) is 4.79 Å². The normalized spacial score (nSPS) is 11.8. The van der Waals surface area contributed by atoms with E-state index in [2.05, 4.69) is 5.32 Å². The van der Waals surface area contributed by atoms with Crippen molar-refractivity contribution in [3.63, 3.8) is 0 Å². The molecule has 3 rings (SSSR count). The van der Waals surface area contributed by atoms with Gasteiger partial charge in [-0.05, 0) is 19.1 Å². The summed E-state index contributed by atoms with van der Waals surface area (Å²) in [4.78, 5) is 25.0. The van der Waals surface area contributed by atoms with Gasteiger partial charge in [0.25, 0.3) is 5.91 Å². The van der Waals surface area contributed by atoms with Crippen LogP contribution in [0.15, 0.2) is 52.9 Å². The minimum absolute atomic E-state index is 0.0393. The molecule has 3 aromatic rings.